The van der Waals surface area contributed by atoms with E-state index in [4.69, 9.17) is 11.6 Å². The fourth-order valence-electron chi connectivity index (χ4n) is 2.21. The Morgan fingerprint density at radius 1 is 1.40 bits per heavy atom. The van der Waals surface area contributed by atoms with Crippen molar-refractivity contribution in [3.05, 3.63) is 51.4 Å². The predicted octanol–water partition coefficient (Wildman–Crippen LogP) is 3.96. The van der Waals surface area contributed by atoms with Crippen LogP contribution in [-0.4, -0.2) is 16.1 Å². The molecule has 3 atom stereocenters. The zero-order valence-electron chi connectivity index (χ0n) is 11.6. The summed E-state index contributed by atoms with van der Waals surface area (Å²) < 4.78 is 0. The molecule has 0 bridgehead atoms. The third-order valence-corrected chi connectivity index (χ3v) is 4.41. The molecular weight excluding hydrogens is 292 g/mol. The van der Waals surface area contributed by atoms with E-state index >= 15 is 0 Å². The summed E-state index contributed by atoms with van der Waals surface area (Å²) in [7, 11) is 0. The first kappa shape index (κ1) is 15.4. The van der Waals surface area contributed by atoms with Gasteiger partial charge in [0.05, 0.1) is 6.10 Å². The Balaban J connectivity index is 1.89. The molecule has 108 valence electrons. The van der Waals surface area contributed by atoms with Gasteiger partial charge in [0.25, 0.3) is 0 Å². The molecule has 20 heavy (non-hydrogen) atoms. The van der Waals surface area contributed by atoms with Gasteiger partial charge >= 0.3 is 0 Å². The maximum Gasteiger partial charge on any atom is 0.129 e. The molecule has 2 aromatic heterocycles. The van der Waals surface area contributed by atoms with Gasteiger partial charge in [-0.15, -0.1) is 11.3 Å². The van der Waals surface area contributed by atoms with Crippen LogP contribution in [0, 0.1) is 0 Å². The van der Waals surface area contributed by atoms with Crippen LogP contribution < -0.4 is 5.32 Å². The van der Waals surface area contributed by atoms with E-state index in [1.807, 2.05) is 29.6 Å². The van der Waals surface area contributed by atoms with E-state index in [-0.39, 0.29) is 12.1 Å². The van der Waals surface area contributed by atoms with Gasteiger partial charge in [-0.25, -0.2) is 4.98 Å². The maximum absolute atomic E-state index is 10.1. The Labute approximate surface area is 128 Å². The second-order valence-electron chi connectivity index (χ2n) is 4.97. The van der Waals surface area contributed by atoms with Crippen molar-refractivity contribution in [2.24, 2.45) is 0 Å². The number of nitrogens with one attached hydrogen (secondary N) is 1. The standard InChI is InChI=1S/C15H19ClN2OS/c1-10(8-13(19)14-4-3-7-20-14)18-11(2)12-5-6-17-15(16)9-12/h3-7,9-11,13,18-19H,8H2,1-2H3. The Bertz CT molecular complexity index is 532. The average Bonchev–Trinajstić information content (AvgIpc) is 2.92. The van der Waals surface area contributed by atoms with Crippen LogP contribution in [0.4, 0.5) is 0 Å². The number of rotatable bonds is 6. The fraction of sp³-hybridized carbons (Fsp3) is 0.400. The largest absolute Gasteiger partial charge is 0.388 e. The molecule has 0 spiro atoms. The summed E-state index contributed by atoms with van der Waals surface area (Å²) in [4.78, 5) is 4.99. The van der Waals surface area contributed by atoms with Gasteiger partial charge in [0, 0.05) is 23.2 Å². The van der Waals surface area contributed by atoms with Crippen molar-refractivity contribution in [3.8, 4) is 0 Å². The minimum absolute atomic E-state index is 0.168. The monoisotopic (exact) mass is 310 g/mol. The third kappa shape index (κ3) is 4.28. The van der Waals surface area contributed by atoms with E-state index in [1.54, 1.807) is 17.5 Å². The molecule has 0 radical (unpaired) electrons. The van der Waals surface area contributed by atoms with Crippen LogP contribution in [-0.2, 0) is 0 Å². The molecule has 0 aliphatic carbocycles. The second kappa shape index (κ2) is 7.18. The van der Waals surface area contributed by atoms with Crippen LogP contribution in [0.15, 0.2) is 35.8 Å². The molecule has 2 rings (SSSR count). The Morgan fingerprint density at radius 2 is 2.20 bits per heavy atom. The van der Waals surface area contributed by atoms with Crippen LogP contribution in [0.25, 0.3) is 0 Å². The van der Waals surface area contributed by atoms with Gasteiger partial charge in [-0.1, -0.05) is 17.7 Å². The molecule has 3 unspecified atom stereocenters. The summed E-state index contributed by atoms with van der Waals surface area (Å²) >= 11 is 7.49. The molecule has 2 N–H and O–H groups in total. The van der Waals surface area contributed by atoms with Crippen LogP contribution >= 0.6 is 22.9 Å². The molecule has 0 aliphatic rings. The highest BCUT2D eigenvalue weighted by molar-refractivity contribution is 7.10. The van der Waals surface area contributed by atoms with Crippen LogP contribution in [0.1, 0.15) is 42.9 Å². The lowest BCUT2D eigenvalue weighted by Crippen LogP contribution is -2.30. The second-order valence-corrected chi connectivity index (χ2v) is 6.33. The Hall–Kier alpha value is -0.940. The van der Waals surface area contributed by atoms with Crippen molar-refractivity contribution >= 4 is 22.9 Å². The molecule has 3 nitrogen and oxygen atoms in total. The Morgan fingerprint density at radius 3 is 2.85 bits per heavy atom. The summed E-state index contributed by atoms with van der Waals surface area (Å²) in [5, 5.41) is 16.1. The van der Waals surface area contributed by atoms with Crippen LogP contribution in [0.2, 0.25) is 5.15 Å². The molecule has 0 aliphatic heterocycles. The average molecular weight is 311 g/mol. The summed E-state index contributed by atoms with van der Waals surface area (Å²) in [6.45, 7) is 4.16. The topological polar surface area (TPSA) is 45.1 Å². The summed E-state index contributed by atoms with van der Waals surface area (Å²) in [6, 6.07) is 8.11. The lowest BCUT2D eigenvalue weighted by molar-refractivity contribution is 0.155. The van der Waals surface area contributed by atoms with Gasteiger partial charge in [0.2, 0.25) is 0 Å². The third-order valence-electron chi connectivity index (χ3n) is 3.23. The number of hydrogen-bond acceptors (Lipinski definition) is 4. The summed E-state index contributed by atoms with van der Waals surface area (Å²) in [5.41, 5.74) is 1.10. The number of hydrogen-bond donors (Lipinski definition) is 2. The van der Waals surface area contributed by atoms with Gasteiger partial charge in [-0.3, -0.25) is 0 Å². The van der Waals surface area contributed by atoms with Crippen LogP contribution in [0.5, 0.6) is 0 Å². The molecule has 2 aromatic rings. The van der Waals surface area contributed by atoms with Gasteiger partial charge in [-0.2, -0.15) is 0 Å². The zero-order valence-corrected chi connectivity index (χ0v) is 13.2. The highest BCUT2D eigenvalue weighted by Crippen LogP contribution is 2.24. The lowest BCUT2D eigenvalue weighted by Gasteiger charge is -2.22. The molecular formula is C15H19ClN2OS. The molecule has 0 fully saturated rings. The van der Waals surface area contributed by atoms with E-state index in [2.05, 4.69) is 24.1 Å². The van der Waals surface area contributed by atoms with Gasteiger partial charge < -0.3 is 10.4 Å². The lowest BCUT2D eigenvalue weighted by atomic mass is 10.1. The highest BCUT2D eigenvalue weighted by atomic mass is 35.5. The van der Waals surface area contributed by atoms with Crippen molar-refractivity contribution in [2.45, 2.75) is 38.5 Å². The molecule has 0 amide bonds. The molecule has 5 heteroatoms. The molecule has 0 saturated carbocycles. The smallest absolute Gasteiger partial charge is 0.129 e. The number of aliphatic hydroxyl groups excluding tert-OH is 1. The quantitative estimate of drug-likeness (QED) is 0.794. The van der Waals surface area contributed by atoms with Gasteiger partial charge in [0.1, 0.15) is 5.15 Å². The first-order valence-electron chi connectivity index (χ1n) is 6.65. The number of nitrogens with zero attached hydrogens (tertiary/aromatic N) is 1. The van der Waals surface area contributed by atoms with E-state index in [0.717, 1.165) is 10.4 Å². The van der Waals surface area contributed by atoms with Crippen molar-refractivity contribution in [1.29, 1.82) is 0 Å². The van der Waals surface area contributed by atoms with Crippen LogP contribution in [0.3, 0.4) is 0 Å². The Kier molecular flexibility index (Phi) is 5.54. The van der Waals surface area contributed by atoms with Crippen molar-refractivity contribution in [3.63, 3.8) is 0 Å². The van der Waals surface area contributed by atoms with E-state index in [0.29, 0.717) is 11.6 Å². The summed E-state index contributed by atoms with van der Waals surface area (Å²) in [5.74, 6) is 0. The minimum atomic E-state index is -0.411. The molecule has 2 heterocycles. The van der Waals surface area contributed by atoms with E-state index in [9.17, 15) is 5.11 Å². The zero-order chi connectivity index (χ0) is 14.5. The van der Waals surface area contributed by atoms with Gasteiger partial charge in [-0.05, 0) is 49.4 Å². The SMILES string of the molecule is CC(CC(O)c1cccs1)NC(C)c1ccnc(Cl)c1. The normalized spacial score (nSPS) is 15.8. The first-order valence-corrected chi connectivity index (χ1v) is 7.91. The summed E-state index contributed by atoms with van der Waals surface area (Å²) in [6.07, 6.45) is 1.98. The van der Waals surface area contributed by atoms with Crippen molar-refractivity contribution in [1.82, 2.24) is 10.3 Å². The number of aliphatic hydroxyl groups is 1. The number of thiophene rings is 1. The molecule has 0 saturated heterocycles. The van der Waals surface area contributed by atoms with Gasteiger partial charge in [0.15, 0.2) is 0 Å². The fourth-order valence-corrected chi connectivity index (χ4v) is 3.12. The number of pyridine rings is 1. The van der Waals surface area contributed by atoms with Crippen molar-refractivity contribution in [2.75, 3.05) is 0 Å². The number of halogens is 1. The molecule has 0 aromatic carbocycles. The maximum atomic E-state index is 10.1. The number of aromatic nitrogens is 1. The van der Waals surface area contributed by atoms with E-state index < -0.39 is 6.10 Å². The highest BCUT2D eigenvalue weighted by Gasteiger charge is 2.15. The van der Waals surface area contributed by atoms with E-state index in [1.165, 1.54) is 0 Å². The minimum Gasteiger partial charge on any atom is -0.388 e. The first-order chi connectivity index (χ1) is 9.56. The van der Waals surface area contributed by atoms with Crippen molar-refractivity contribution < 1.29 is 5.11 Å². The predicted molar refractivity (Wildman–Crippen MR) is 84.2 cm³/mol.